The highest BCUT2D eigenvalue weighted by Crippen LogP contribution is 2.29. The van der Waals surface area contributed by atoms with E-state index in [1.807, 2.05) is 25.1 Å². The van der Waals surface area contributed by atoms with Crippen LogP contribution in [0.4, 0.5) is 5.13 Å². The smallest absolute Gasteiger partial charge is 0.268 e. The van der Waals surface area contributed by atoms with Crippen molar-refractivity contribution in [3.05, 3.63) is 80.3 Å². The lowest BCUT2D eigenvalue weighted by Gasteiger charge is -2.04. The molecule has 1 heterocycles. The van der Waals surface area contributed by atoms with Crippen LogP contribution < -0.4 is 10.1 Å². The highest BCUT2D eigenvalue weighted by molar-refractivity contribution is 7.15. The molecule has 3 rings (SSSR count). The molecule has 0 atom stereocenters. The number of hydrogen-bond acceptors (Lipinski definition) is 5. The van der Waals surface area contributed by atoms with E-state index in [9.17, 15) is 10.1 Å². The normalized spacial score (nSPS) is 11.1. The standard InChI is InChI=1S/C22H17Cl2N3O2S/c1-2-29-17-8-6-14(7-9-17)10-16(12-25)21(28)27-22-26-13-18(30-22)11-15-4-3-5-19(23)20(15)24/h3-10,13H,2,11H2,1H3,(H,26,27,28). The number of aromatic nitrogens is 1. The first-order valence-corrected chi connectivity index (χ1v) is 10.6. The molecule has 30 heavy (non-hydrogen) atoms. The molecule has 1 amide bonds. The van der Waals surface area contributed by atoms with E-state index in [4.69, 9.17) is 27.9 Å². The fraction of sp³-hybridized carbons (Fsp3) is 0.136. The highest BCUT2D eigenvalue weighted by atomic mass is 35.5. The monoisotopic (exact) mass is 457 g/mol. The molecular formula is C22H17Cl2N3O2S. The van der Waals surface area contributed by atoms with Crippen LogP contribution in [0.1, 0.15) is 22.9 Å². The Bertz CT molecular complexity index is 1120. The number of halogens is 2. The van der Waals surface area contributed by atoms with Crippen molar-refractivity contribution in [2.45, 2.75) is 13.3 Å². The van der Waals surface area contributed by atoms with Gasteiger partial charge in [-0.25, -0.2) is 4.98 Å². The van der Waals surface area contributed by atoms with Gasteiger partial charge in [-0.15, -0.1) is 11.3 Å². The zero-order valence-corrected chi connectivity index (χ0v) is 18.3. The predicted molar refractivity (Wildman–Crippen MR) is 121 cm³/mol. The van der Waals surface area contributed by atoms with Crippen LogP contribution in [0.15, 0.2) is 54.2 Å². The fourth-order valence-corrected chi connectivity index (χ4v) is 3.84. The quantitative estimate of drug-likeness (QED) is 0.349. The minimum atomic E-state index is -0.520. The Labute approximate surface area is 188 Å². The molecule has 0 saturated carbocycles. The Morgan fingerprint density at radius 3 is 2.73 bits per heavy atom. The largest absolute Gasteiger partial charge is 0.494 e. The SMILES string of the molecule is CCOc1ccc(C=C(C#N)C(=O)Nc2ncc(Cc3cccc(Cl)c3Cl)s2)cc1. The first-order chi connectivity index (χ1) is 14.5. The van der Waals surface area contributed by atoms with Gasteiger partial charge in [0, 0.05) is 17.5 Å². The lowest BCUT2D eigenvalue weighted by Crippen LogP contribution is -2.13. The second kappa shape index (κ2) is 10.3. The molecule has 0 saturated heterocycles. The summed E-state index contributed by atoms with van der Waals surface area (Å²) in [5.41, 5.74) is 1.58. The summed E-state index contributed by atoms with van der Waals surface area (Å²) in [5.74, 6) is 0.209. The summed E-state index contributed by atoms with van der Waals surface area (Å²) < 4.78 is 5.39. The van der Waals surface area contributed by atoms with E-state index < -0.39 is 5.91 Å². The van der Waals surface area contributed by atoms with Gasteiger partial charge in [-0.05, 0) is 42.3 Å². The van der Waals surface area contributed by atoms with E-state index in [2.05, 4.69) is 10.3 Å². The summed E-state index contributed by atoms with van der Waals surface area (Å²) in [7, 11) is 0. The molecule has 0 spiro atoms. The zero-order chi connectivity index (χ0) is 21.5. The van der Waals surface area contributed by atoms with Crippen LogP contribution in [0.5, 0.6) is 5.75 Å². The Morgan fingerprint density at radius 1 is 1.27 bits per heavy atom. The van der Waals surface area contributed by atoms with Gasteiger partial charge in [-0.1, -0.05) is 47.5 Å². The number of nitrogens with zero attached hydrogens (tertiary/aromatic N) is 2. The van der Waals surface area contributed by atoms with E-state index in [0.717, 1.165) is 21.8 Å². The molecule has 0 radical (unpaired) electrons. The lowest BCUT2D eigenvalue weighted by atomic mass is 10.1. The van der Waals surface area contributed by atoms with Gasteiger partial charge in [-0.2, -0.15) is 5.26 Å². The average Bonchev–Trinajstić information content (AvgIpc) is 3.17. The van der Waals surface area contributed by atoms with Gasteiger partial charge < -0.3 is 4.74 Å². The maximum absolute atomic E-state index is 12.5. The molecule has 8 heteroatoms. The third-order valence-electron chi connectivity index (χ3n) is 4.04. The number of ether oxygens (including phenoxy) is 1. The van der Waals surface area contributed by atoms with Crippen molar-refractivity contribution < 1.29 is 9.53 Å². The summed E-state index contributed by atoms with van der Waals surface area (Å²) in [4.78, 5) is 17.6. The molecule has 0 aliphatic carbocycles. The van der Waals surface area contributed by atoms with Crippen LogP contribution in [0, 0.1) is 11.3 Å². The van der Waals surface area contributed by atoms with Gasteiger partial charge in [0.2, 0.25) is 0 Å². The van der Waals surface area contributed by atoms with Crippen molar-refractivity contribution in [2.75, 3.05) is 11.9 Å². The van der Waals surface area contributed by atoms with E-state index >= 15 is 0 Å². The van der Waals surface area contributed by atoms with E-state index in [0.29, 0.717) is 28.2 Å². The minimum absolute atomic E-state index is 0.0196. The number of carbonyl (C=O) groups is 1. The Hall–Kier alpha value is -2.85. The Morgan fingerprint density at radius 2 is 2.03 bits per heavy atom. The number of benzene rings is 2. The molecule has 0 unspecified atom stereocenters. The first-order valence-electron chi connectivity index (χ1n) is 9.03. The molecular weight excluding hydrogens is 441 g/mol. The van der Waals surface area contributed by atoms with Crippen LogP contribution in [0.2, 0.25) is 10.0 Å². The molecule has 152 valence electrons. The molecule has 5 nitrogen and oxygen atoms in total. The van der Waals surface area contributed by atoms with Crippen LogP contribution in [-0.4, -0.2) is 17.5 Å². The number of amides is 1. The van der Waals surface area contributed by atoms with Crippen molar-refractivity contribution in [3.8, 4) is 11.8 Å². The summed E-state index contributed by atoms with van der Waals surface area (Å²) in [6.45, 7) is 2.47. The second-order valence-electron chi connectivity index (χ2n) is 6.15. The number of hydrogen-bond donors (Lipinski definition) is 1. The third kappa shape index (κ3) is 5.61. The van der Waals surface area contributed by atoms with Crippen molar-refractivity contribution in [3.63, 3.8) is 0 Å². The number of nitriles is 1. The molecule has 0 aliphatic heterocycles. The summed E-state index contributed by atoms with van der Waals surface area (Å²) in [5, 5.41) is 13.5. The Kier molecular flexibility index (Phi) is 7.47. The number of carbonyl (C=O) groups excluding carboxylic acids is 1. The molecule has 1 N–H and O–H groups in total. The van der Waals surface area contributed by atoms with Gasteiger partial charge in [0.25, 0.3) is 5.91 Å². The maximum atomic E-state index is 12.5. The van der Waals surface area contributed by atoms with Crippen LogP contribution in [0.25, 0.3) is 6.08 Å². The zero-order valence-electron chi connectivity index (χ0n) is 16.0. The Balaban J connectivity index is 1.69. The summed E-state index contributed by atoms with van der Waals surface area (Å²) >= 11 is 13.6. The number of rotatable bonds is 7. The number of anilines is 1. The summed E-state index contributed by atoms with van der Waals surface area (Å²) in [6.07, 6.45) is 3.73. The van der Waals surface area contributed by atoms with Gasteiger partial charge in [0.05, 0.1) is 16.7 Å². The molecule has 0 fully saturated rings. The average molecular weight is 458 g/mol. The van der Waals surface area contributed by atoms with Crippen LogP contribution in [0.3, 0.4) is 0 Å². The molecule has 0 bridgehead atoms. The van der Waals surface area contributed by atoms with E-state index in [1.54, 1.807) is 36.5 Å². The van der Waals surface area contributed by atoms with Gasteiger partial charge >= 0.3 is 0 Å². The number of nitrogens with one attached hydrogen (secondary N) is 1. The number of thiazole rings is 1. The molecule has 3 aromatic rings. The first kappa shape index (κ1) is 21.8. The van der Waals surface area contributed by atoms with Crippen molar-refractivity contribution in [1.82, 2.24) is 4.98 Å². The fourth-order valence-electron chi connectivity index (χ4n) is 2.63. The molecule has 0 aliphatic rings. The van der Waals surface area contributed by atoms with Crippen molar-refractivity contribution in [1.29, 1.82) is 5.26 Å². The maximum Gasteiger partial charge on any atom is 0.268 e. The van der Waals surface area contributed by atoms with E-state index in [1.165, 1.54) is 17.4 Å². The summed E-state index contributed by atoms with van der Waals surface area (Å²) in [6, 6.07) is 14.5. The topological polar surface area (TPSA) is 75.0 Å². The van der Waals surface area contributed by atoms with Crippen LogP contribution in [-0.2, 0) is 11.2 Å². The van der Waals surface area contributed by atoms with Gasteiger partial charge in [0.15, 0.2) is 5.13 Å². The highest BCUT2D eigenvalue weighted by Gasteiger charge is 2.13. The second-order valence-corrected chi connectivity index (χ2v) is 8.05. The van der Waals surface area contributed by atoms with E-state index in [-0.39, 0.29) is 5.57 Å². The molecule has 2 aromatic carbocycles. The van der Waals surface area contributed by atoms with Gasteiger partial charge in [-0.3, -0.25) is 10.1 Å². The van der Waals surface area contributed by atoms with Gasteiger partial charge in [0.1, 0.15) is 17.4 Å². The van der Waals surface area contributed by atoms with Crippen molar-refractivity contribution in [2.24, 2.45) is 0 Å². The van der Waals surface area contributed by atoms with Crippen molar-refractivity contribution >= 4 is 51.7 Å². The molecule has 1 aromatic heterocycles. The lowest BCUT2D eigenvalue weighted by molar-refractivity contribution is -0.112. The predicted octanol–water partition coefficient (Wildman–Crippen LogP) is 5.99. The minimum Gasteiger partial charge on any atom is -0.494 e. The third-order valence-corrected chi connectivity index (χ3v) is 5.81. The van der Waals surface area contributed by atoms with Crippen LogP contribution >= 0.6 is 34.5 Å².